The molecule has 0 radical (unpaired) electrons. The van der Waals surface area contributed by atoms with Gasteiger partial charge in [-0.05, 0) is 43.0 Å². The molecule has 1 fully saturated rings. The Bertz CT molecular complexity index is 635. The smallest absolute Gasteiger partial charge is 0.0405 e. The van der Waals surface area contributed by atoms with Crippen molar-refractivity contribution in [2.24, 2.45) is 0 Å². The Morgan fingerprint density at radius 1 is 0.792 bits per heavy atom. The van der Waals surface area contributed by atoms with Gasteiger partial charge in [-0.2, -0.15) is 0 Å². The van der Waals surface area contributed by atoms with E-state index in [-0.39, 0.29) is 5.54 Å². The first-order valence-electron chi connectivity index (χ1n) is 9.14. The minimum absolute atomic E-state index is 0.0921. The normalized spacial score (nSPS) is 16.6. The second-order valence-electron chi connectivity index (χ2n) is 7.65. The molecule has 1 saturated heterocycles. The van der Waals surface area contributed by atoms with Crippen LogP contribution in [0.25, 0.3) is 0 Å². The van der Waals surface area contributed by atoms with Gasteiger partial charge in [-0.15, -0.1) is 0 Å². The Kier molecular flexibility index (Phi) is 4.96. The molecule has 2 heteroatoms. The molecule has 2 nitrogen and oxygen atoms in total. The van der Waals surface area contributed by atoms with Crippen molar-refractivity contribution in [3.63, 3.8) is 0 Å². The lowest BCUT2D eigenvalue weighted by Gasteiger charge is -2.45. The highest BCUT2D eigenvalue weighted by atomic mass is 15.3. The molecule has 2 aromatic rings. The molecule has 3 rings (SSSR count). The van der Waals surface area contributed by atoms with Gasteiger partial charge in [-0.1, -0.05) is 56.3 Å². The van der Waals surface area contributed by atoms with Crippen molar-refractivity contribution in [3.05, 3.63) is 65.7 Å². The van der Waals surface area contributed by atoms with E-state index in [4.69, 9.17) is 0 Å². The third-order valence-electron chi connectivity index (χ3n) is 5.48. The molecule has 2 aromatic carbocycles. The van der Waals surface area contributed by atoms with E-state index in [1.807, 2.05) is 0 Å². The number of anilines is 1. The Morgan fingerprint density at radius 3 is 1.92 bits per heavy atom. The fourth-order valence-electron chi connectivity index (χ4n) is 3.62. The molecule has 0 aliphatic carbocycles. The molecule has 0 bridgehead atoms. The summed E-state index contributed by atoms with van der Waals surface area (Å²) in [5.74, 6) is 0.600. The molecule has 128 valence electrons. The molecule has 1 aliphatic heterocycles. The number of piperazine rings is 1. The minimum atomic E-state index is 0.0921. The quantitative estimate of drug-likeness (QED) is 0.792. The maximum atomic E-state index is 2.61. The zero-order chi connectivity index (χ0) is 17.2. The van der Waals surface area contributed by atoms with E-state index in [9.17, 15) is 0 Å². The standard InChI is InChI=1S/C22H30N2/c1-18(2)19-10-12-21(13-11-19)23-14-16-24(17-15-23)22(3,4)20-8-6-5-7-9-20/h5-13,18H,14-17H2,1-4H3. The number of benzene rings is 2. The predicted molar refractivity (Wildman–Crippen MR) is 104 cm³/mol. The van der Waals surface area contributed by atoms with Crippen LogP contribution in [0.2, 0.25) is 0 Å². The maximum Gasteiger partial charge on any atom is 0.0405 e. The topological polar surface area (TPSA) is 6.48 Å². The van der Waals surface area contributed by atoms with Gasteiger partial charge in [0.1, 0.15) is 0 Å². The Hall–Kier alpha value is -1.80. The van der Waals surface area contributed by atoms with Gasteiger partial charge >= 0.3 is 0 Å². The highest BCUT2D eigenvalue weighted by molar-refractivity contribution is 5.48. The number of hydrogen-bond donors (Lipinski definition) is 0. The average Bonchev–Trinajstić information content (AvgIpc) is 2.62. The summed E-state index contributed by atoms with van der Waals surface area (Å²) >= 11 is 0. The van der Waals surface area contributed by atoms with Crippen molar-refractivity contribution in [2.45, 2.75) is 39.2 Å². The summed E-state index contributed by atoms with van der Waals surface area (Å²) in [7, 11) is 0. The van der Waals surface area contributed by atoms with Crippen LogP contribution < -0.4 is 4.90 Å². The van der Waals surface area contributed by atoms with Gasteiger partial charge in [0.25, 0.3) is 0 Å². The Balaban J connectivity index is 1.65. The van der Waals surface area contributed by atoms with Crippen LogP contribution in [0.5, 0.6) is 0 Å². The summed E-state index contributed by atoms with van der Waals surface area (Å²) < 4.78 is 0. The van der Waals surface area contributed by atoms with E-state index in [1.54, 1.807) is 0 Å². The van der Waals surface area contributed by atoms with E-state index < -0.39 is 0 Å². The van der Waals surface area contributed by atoms with Crippen LogP contribution in [-0.4, -0.2) is 31.1 Å². The highest BCUT2D eigenvalue weighted by Crippen LogP contribution is 2.29. The zero-order valence-electron chi connectivity index (χ0n) is 15.5. The molecular formula is C22H30N2. The number of nitrogens with zero attached hydrogens (tertiary/aromatic N) is 2. The van der Waals surface area contributed by atoms with Gasteiger partial charge in [0.05, 0.1) is 0 Å². The van der Waals surface area contributed by atoms with Crippen molar-refractivity contribution >= 4 is 5.69 Å². The lowest BCUT2D eigenvalue weighted by Crippen LogP contribution is -2.53. The van der Waals surface area contributed by atoms with Crippen molar-refractivity contribution < 1.29 is 0 Å². The molecule has 0 unspecified atom stereocenters. The summed E-state index contributed by atoms with van der Waals surface area (Å²) in [6, 6.07) is 20.0. The fourth-order valence-corrected chi connectivity index (χ4v) is 3.62. The summed E-state index contributed by atoms with van der Waals surface area (Å²) in [5.41, 5.74) is 4.27. The largest absolute Gasteiger partial charge is 0.369 e. The van der Waals surface area contributed by atoms with Crippen molar-refractivity contribution in [3.8, 4) is 0 Å². The summed E-state index contributed by atoms with van der Waals surface area (Å²) in [6.07, 6.45) is 0. The van der Waals surface area contributed by atoms with E-state index >= 15 is 0 Å². The maximum absolute atomic E-state index is 2.61. The monoisotopic (exact) mass is 322 g/mol. The average molecular weight is 322 g/mol. The van der Waals surface area contributed by atoms with Crippen LogP contribution in [0.15, 0.2) is 54.6 Å². The van der Waals surface area contributed by atoms with E-state index in [0.717, 1.165) is 26.2 Å². The van der Waals surface area contributed by atoms with Gasteiger partial charge in [-0.25, -0.2) is 0 Å². The third-order valence-corrected chi connectivity index (χ3v) is 5.48. The number of hydrogen-bond acceptors (Lipinski definition) is 2. The minimum Gasteiger partial charge on any atom is -0.369 e. The van der Waals surface area contributed by atoms with Crippen LogP contribution in [0.3, 0.4) is 0 Å². The second-order valence-corrected chi connectivity index (χ2v) is 7.65. The van der Waals surface area contributed by atoms with Gasteiger partial charge in [-0.3, -0.25) is 4.90 Å². The highest BCUT2D eigenvalue weighted by Gasteiger charge is 2.31. The van der Waals surface area contributed by atoms with Crippen LogP contribution in [0, 0.1) is 0 Å². The lowest BCUT2D eigenvalue weighted by molar-refractivity contribution is 0.111. The van der Waals surface area contributed by atoms with Crippen molar-refractivity contribution in [1.29, 1.82) is 0 Å². The molecule has 0 atom stereocenters. The molecule has 0 spiro atoms. The summed E-state index contributed by atoms with van der Waals surface area (Å²) in [4.78, 5) is 5.13. The van der Waals surface area contributed by atoms with Crippen LogP contribution in [0.1, 0.15) is 44.7 Å². The number of rotatable bonds is 4. The molecule has 0 aromatic heterocycles. The van der Waals surface area contributed by atoms with E-state index in [0.29, 0.717) is 5.92 Å². The summed E-state index contributed by atoms with van der Waals surface area (Å²) in [5, 5.41) is 0. The van der Waals surface area contributed by atoms with Crippen LogP contribution in [0.4, 0.5) is 5.69 Å². The van der Waals surface area contributed by atoms with Gasteiger partial charge in [0, 0.05) is 37.4 Å². The Morgan fingerprint density at radius 2 is 1.38 bits per heavy atom. The molecule has 24 heavy (non-hydrogen) atoms. The van der Waals surface area contributed by atoms with E-state index in [1.165, 1.54) is 16.8 Å². The SMILES string of the molecule is CC(C)c1ccc(N2CCN(C(C)(C)c3ccccc3)CC2)cc1. The van der Waals surface area contributed by atoms with E-state index in [2.05, 4.69) is 92.1 Å². The first-order valence-corrected chi connectivity index (χ1v) is 9.14. The molecule has 1 heterocycles. The van der Waals surface area contributed by atoms with Gasteiger partial charge < -0.3 is 4.90 Å². The van der Waals surface area contributed by atoms with Crippen LogP contribution in [-0.2, 0) is 5.54 Å². The van der Waals surface area contributed by atoms with Gasteiger partial charge in [0.2, 0.25) is 0 Å². The predicted octanol–water partition coefficient (Wildman–Crippen LogP) is 4.87. The lowest BCUT2D eigenvalue weighted by atomic mass is 9.91. The molecule has 1 aliphatic rings. The molecule has 0 N–H and O–H groups in total. The fraction of sp³-hybridized carbons (Fsp3) is 0.455. The summed E-state index contributed by atoms with van der Waals surface area (Å²) in [6.45, 7) is 13.6. The van der Waals surface area contributed by atoms with Crippen LogP contribution >= 0.6 is 0 Å². The van der Waals surface area contributed by atoms with Crippen molar-refractivity contribution in [2.75, 3.05) is 31.1 Å². The molecular weight excluding hydrogens is 292 g/mol. The van der Waals surface area contributed by atoms with Crippen molar-refractivity contribution in [1.82, 2.24) is 4.90 Å². The third kappa shape index (κ3) is 3.49. The molecule has 0 saturated carbocycles. The first-order chi connectivity index (χ1) is 11.5. The first kappa shape index (κ1) is 17.0. The van der Waals surface area contributed by atoms with Gasteiger partial charge in [0.15, 0.2) is 0 Å². The second kappa shape index (κ2) is 6.98. The Labute approximate surface area is 147 Å². The molecule has 0 amide bonds. The zero-order valence-corrected chi connectivity index (χ0v) is 15.5.